The van der Waals surface area contributed by atoms with E-state index in [2.05, 4.69) is 14.7 Å². The zero-order chi connectivity index (χ0) is 5.11. The SMILES string of the molecule is Cl.NCc1ncon1. The highest BCUT2D eigenvalue weighted by molar-refractivity contribution is 5.85. The van der Waals surface area contributed by atoms with E-state index in [0.717, 1.165) is 0 Å². The van der Waals surface area contributed by atoms with Crippen molar-refractivity contribution < 1.29 is 4.52 Å². The van der Waals surface area contributed by atoms with Crippen molar-refractivity contribution in [1.29, 1.82) is 0 Å². The van der Waals surface area contributed by atoms with E-state index in [9.17, 15) is 0 Å². The lowest BCUT2D eigenvalue weighted by molar-refractivity contribution is 0.410. The van der Waals surface area contributed by atoms with Crippen LogP contribution in [0, 0.1) is 0 Å². The minimum absolute atomic E-state index is 0. The number of hydrogen-bond donors (Lipinski definition) is 1. The Hall–Kier alpha value is -0.610. The van der Waals surface area contributed by atoms with Crippen LogP contribution in [0.25, 0.3) is 0 Å². The number of hydrogen-bond acceptors (Lipinski definition) is 4. The highest BCUT2D eigenvalue weighted by atomic mass is 35.5. The van der Waals surface area contributed by atoms with E-state index < -0.39 is 0 Å². The molecule has 0 unspecified atom stereocenters. The third-order valence-corrected chi connectivity index (χ3v) is 0.590. The van der Waals surface area contributed by atoms with Gasteiger partial charge >= 0.3 is 0 Å². The smallest absolute Gasteiger partial charge is 0.213 e. The summed E-state index contributed by atoms with van der Waals surface area (Å²) in [6, 6.07) is 0. The molecule has 1 heterocycles. The molecule has 0 aliphatic heterocycles. The molecule has 0 aliphatic rings. The molecule has 5 heteroatoms. The van der Waals surface area contributed by atoms with Crippen LogP contribution in [0.1, 0.15) is 5.82 Å². The third kappa shape index (κ3) is 1.48. The maximum absolute atomic E-state index is 5.11. The van der Waals surface area contributed by atoms with Crippen LogP contribution in [-0.2, 0) is 6.54 Å². The van der Waals surface area contributed by atoms with E-state index >= 15 is 0 Å². The lowest BCUT2D eigenvalue weighted by atomic mass is 10.6. The highest BCUT2D eigenvalue weighted by Gasteiger charge is 1.88. The van der Waals surface area contributed by atoms with Crippen molar-refractivity contribution in [2.45, 2.75) is 6.54 Å². The first-order valence-corrected chi connectivity index (χ1v) is 1.89. The quantitative estimate of drug-likeness (QED) is 0.587. The van der Waals surface area contributed by atoms with Gasteiger partial charge in [0.2, 0.25) is 6.39 Å². The Morgan fingerprint density at radius 1 is 1.75 bits per heavy atom. The summed E-state index contributed by atoms with van der Waals surface area (Å²) in [6.45, 7) is 0.344. The number of nitrogens with two attached hydrogens (primary N) is 1. The second-order valence-electron chi connectivity index (χ2n) is 1.05. The molecule has 0 amide bonds. The molecule has 4 nitrogen and oxygen atoms in total. The van der Waals surface area contributed by atoms with E-state index in [1.165, 1.54) is 6.39 Å². The van der Waals surface area contributed by atoms with Crippen molar-refractivity contribution in [3.05, 3.63) is 12.2 Å². The van der Waals surface area contributed by atoms with Gasteiger partial charge < -0.3 is 10.3 Å². The van der Waals surface area contributed by atoms with Crippen molar-refractivity contribution in [2.75, 3.05) is 0 Å². The number of halogens is 1. The molecule has 1 aromatic rings. The van der Waals surface area contributed by atoms with Gasteiger partial charge in [-0.1, -0.05) is 5.16 Å². The van der Waals surface area contributed by atoms with Crippen LogP contribution in [0.15, 0.2) is 10.9 Å². The maximum atomic E-state index is 5.11. The van der Waals surface area contributed by atoms with Crippen molar-refractivity contribution in [1.82, 2.24) is 10.1 Å². The summed E-state index contributed by atoms with van der Waals surface area (Å²) in [5.74, 6) is 0.542. The van der Waals surface area contributed by atoms with Crippen molar-refractivity contribution in [3.63, 3.8) is 0 Å². The lowest BCUT2D eigenvalue weighted by Crippen LogP contribution is -1.97. The van der Waals surface area contributed by atoms with Crippen LogP contribution in [0.4, 0.5) is 0 Å². The first-order valence-electron chi connectivity index (χ1n) is 1.89. The highest BCUT2D eigenvalue weighted by Crippen LogP contribution is 1.81. The van der Waals surface area contributed by atoms with Crippen LogP contribution in [0.3, 0.4) is 0 Å². The normalized spacial score (nSPS) is 8.12. The summed E-state index contributed by atoms with van der Waals surface area (Å²) in [7, 11) is 0. The zero-order valence-corrected chi connectivity index (χ0v) is 4.89. The second kappa shape index (κ2) is 3.40. The van der Waals surface area contributed by atoms with Crippen molar-refractivity contribution in [3.8, 4) is 0 Å². The molecule has 0 saturated carbocycles. The van der Waals surface area contributed by atoms with Gasteiger partial charge in [-0.2, -0.15) is 4.98 Å². The molecule has 2 N–H and O–H groups in total. The van der Waals surface area contributed by atoms with E-state index in [0.29, 0.717) is 12.4 Å². The van der Waals surface area contributed by atoms with Crippen LogP contribution in [0.5, 0.6) is 0 Å². The summed E-state index contributed by atoms with van der Waals surface area (Å²) in [6.07, 6.45) is 1.25. The molecular formula is C3H6ClN3O. The minimum atomic E-state index is 0. The van der Waals surface area contributed by atoms with Crippen LogP contribution in [0.2, 0.25) is 0 Å². The molecule has 0 atom stereocenters. The second-order valence-corrected chi connectivity index (χ2v) is 1.05. The molecule has 0 saturated heterocycles. The molecule has 0 aliphatic carbocycles. The van der Waals surface area contributed by atoms with Gasteiger partial charge in [0, 0.05) is 0 Å². The van der Waals surface area contributed by atoms with Gasteiger partial charge in [0.25, 0.3) is 0 Å². The molecule has 8 heavy (non-hydrogen) atoms. The molecule has 46 valence electrons. The monoisotopic (exact) mass is 135 g/mol. The maximum Gasteiger partial charge on any atom is 0.213 e. The molecule has 1 aromatic heterocycles. The zero-order valence-electron chi connectivity index (χ0n) is 4.07. The van der Waals surface area contributed by atoms with Crippen LogP contribution in [-0.4, -0.2) is 10.1 Å². The first-order chi connectivity index (χ1) is 3.43. The first kappa shape index (κ1) is 7.39. The Kier molecular flexibility index (Phi) is 3.14. The molecule has 0 aromatic carbocycles. The molecule has 1 rings (SSSR count). The number of rotatable bonds is 1. The minimum Gasteiger partial charge on any atom is -0.343 e. The predicted molar refractivity (Wildman–Crippen MR) is 29.4 cm³/mol. The topological polar surface area (TPSA) is 64.9 Å². The summed E-state index contributed by atoms with van der Waals surface area (Å²) in [5.41, 5.74) is 5.11. The average Bonchev–Trinajstić information content (AvgIpc) is 2.14. The summed E-state index contributed by atoms with van der Waals surface area (Å²) in [5, 5.41) is 3.42. The fourth-order valence-electron chi connectivity index (χ4n) is 0.282. The van der Waals surface area contributed by atoms with Gasteiger partial charge in [-0.25, -0.2) is 0 Å². The van der Waals surface area contributed by atoms with Crippen LogP contribution >= 0.6 is 12.4 Å². The Morgan fingerprint density at radius 3 is 2.75 bits per heavy atom. The van der Waals surface area contributed by atoms with Gasteiger partial charge in [-0.15, -0.1) is 12.4 Å². The van der Waals surface area contributed by atoms with Crippen molar-refractivity contribution in [2.24, 2.45) is 5.73 Å². The Bertz CT molecular complexity index is 129. The van der Waals surface area contributed by atoms with E-state index in [1.807, 2.05) is 0 Å². The Balaban J connectivity index is 0.000000490. The Morgan fingerprint density at radius 2 is 2.50 bits per heavy atom. The van der Waals surface area contributed by atoms with Gasteiger partial charge in [0.05, 0.1) is 6.54 Å². The molecule has 0 fully saturated rings. The summed E-state index contributed by atoms with van der Waals surface area (Å²) < 4.78 is 4.36. The standard InChI is InChI=1S/C3H5N3O.ClH/c4-1-3-5-2-7-6-3;/h2H,1,4H2;1H. The Labute approximate surface area is 52.5 Å². The summed E-state index contributed by atoms with van der Waals surface area (Å²) in [4.78, 5) is 3.63. The molecule has 0 bridgehead atoms. The number of nitrogens with zero attached hydrogens (tertiary/aromatic N) is 2. The van der Waals surface area contributed by atoms with Crippen LogP contribution < -0.4 is 5.73 Å². The predicted octanol–water partition coefficient (Wildman–Crippen LogP) is -0.0499. The van der Waals surface area contributed by atoms with Gasteiger partial charge in [0.1, 0.15) is 0 Å². The largest absolute Gasteiger partial charge is 0.343 e. The fourth-order valence-corrected chi connectivity index (χ4v) is 0.282. The fraction of sp³-hybridized carbons (Fsp3) is 0.333. The number of aromatic nitrogens is 2. The van der Waals surface area contributed by atoms with E-state index in [-0.39, 0.29) is 12.4 Å². The summed E-state index contributed by atoms with van der Waals surface area (Å²) >= 11 is 0. The van der Waals surface area contributed by atoms with E-state index in [4.69, 9.17) is 5.73 Å². The van der Waals surface area contributed by atoms with Gasteiger partial charge in [-0.05, 0) is 0 Å². The lowest BCUT2D eigenvalue weighted by Gasteiger charge is -1.74. The molecule has 0 spiro atoms. The van der Waals surface area contributed by atoms with Crippen molar-refractivity contribution >= 4 is 12.4 Å². The molecule has 0 radical (unpaired) electrons. The third-order valence-electron chi connectivity index (χ3n) is 0.590. The van der Waals surface area contributed by atoms with Gasteiger partial charge in [-0.3, -0.25) is 0 Å². The van der Waals surface area contributed by atoms with Gasteiger partial charge in [0.15, 0.2) is 5.82 Å². The molecular weight excluding hydrogens is 130 g/mol. The average molecular weight is 136 g/mol. The van der Waals surface area contributed by atoms with E-state index in [1.54, 1.807) is 0 Å².